The van der Waals surface area contributed by atoms with Gasteiger partial charge in [0.2, 0.25) is 11.8 Å². The predicted octanol–water partition coefficient (Wildman–Crippen LogP) is 1.60. The van der Waals surface area contributed by atoms with E-state index in [1.807, 2.05) is 13.8 Å². The summed E-state index contributed by atoms with van der Waals surface area (Å²) >= 11 is 0. The maximum atomic E-state index is 12.4. The molecule has 1 aliphatic rings. The summed E-state index contributed by atoms with van der Waals surface area (Å²) in [7, 11) is 0. The van der Waals surface area contributed by atoms with E-state index in [9.17, 15) is 9.59 Å². The van der Waals surface area contributed by atoms with Gasteiger partial charge in [-0.05, 0) is 32.6 Å². The molecule has 0 spiro atoms. The Bertz CT molecular complexity index is 499. The van der Waals surface area contributed by atoms with Gasteiger partial charge >= 0.3 is 0 Å². The van der Waals surface area contributed by atoms with Crippen molar-refractivity contribution >= 4 is 11.8 Å². The summed E-state index contributed by atoms with van der Waals surface area (Å²) in [5.74, 6) is 0.653. The molecule has 0 aliphatic heterocycles. The summed E-state index contributed by atoms with van der Waals surface area (Å²) in [6.45, 7) is 5.50. The number of hydrogen-bond donors (Lipinski definition) is 2. The van der Waals surface area contributed by atoms with Gasteiger partial charge in [-0.25, -0.2) is 0 Å². The Hall–Kier alpha value is -1.85. The van der Waals surface area contributed by atoms with Crippen LogP contribution >= 0.6 is 0 Å². The van der Waals surface area contributed by atoms with E-state index in [-0.39, 0.29) is 17.7 Å². The van der Waals surface area contributed by atoms with E-state index in [2.05, 4.69) is 15.8 Å². The van der Waals surface area contributed by atoms with Crippen LogP contribution < -0.4 is 10.6 Å². The average molecular weight is 293 g/mol. The number of amides is 2. The lowest BCUT2D eigenvalue weighted by Crippen LogP contribution is -2.49. The highest BCUT2D eigenvalue weighted by Gasteiger charge is 2.31. The molecule has 1 unspecified atom stereocenters. The van der Waals surface area contributed by atoms with Crippen LogP contribution in [0.5, 0.6) is 0 Å². The van der Waals surface area contributed by atoms with Crippen molar-refractivity contribution < 1.29 is 14.1 Å². The van der Waals surface area contributed by atoms with E-state index in [4.69, 9.17) is 4.52 Å². The monoisotopic (exact) mass is 293 g/mol. The highest BCUT2D eigenvalue weighted by molar-refractivity contribution is 5.87. The maximum absolute atomic E-state index is 12.4. The molecule has 2 amide bonds. The minimum absolute atomic E-state index is 0.128. The second-order valence-electron chi connectivity index (χ2n) is 5.74. The van der Waals surface area contributed by atoms with Crippen LogP contribution in [0, 0.1) is 19.8 Å². The first kappa shape index (κ1) is 15.5. The molecule has 1 aromatic heterocycles. The van der Waals surface area contributed by atoms with Crippen LogP contribution in [0.3, 0.4) is 0 Å². The van der Waals surface area contributed by atoms with E-state index in [0.29, 0.717) is 12.3 Å². The number of nitrogens with zero attached hydrogens (tertiary/aromatic N) is 1. The zero-order valence-corrected chi connectivity index (χ0v) is 12.9. The van der Waals surface area contributed by atoms with Gasteiger partial charge < -0.3 is 15.2 Å². The van der Waals surface area contributed by atoms with Gasteiger partial charge in [0.1, 0.15) is 11.8 Å². The third-order valence-electron chi connectivity index (χ3n) is 4.13. The molecule has 1 fully saturated rings. The molecule has 0 aromatic carbocycles. The van der Waals surface area contributed by atoms with Crippen LogP contribution in [-0.2, 0) is 16.1 Å². The summed E-state index contributed by atoms with van der Waals surface area (Å²) in [5.41, 5.74) is 1.68. The quantitative estimate of drug-likeness (QED) is 0.863. The molecule has 0 radical (unpaired) electrons. The Balaban J connectivity index is 1.99. The molecule has 6 nitrogen and oxygen atoms in total. The molecule has 116 valence electrons. The van der Waals surface area contributed by atoms with Crippen LogP contribution in [-0.4, -0.2) is 23.0 Å². The number of rotatable bonds is 5. The number of aromatic nitrogens is 1. The molecule has 6 heteroatoms. The van der Waals surface area contributed by atoms with Crippen molar-refractivity contribution in [3.05, 3.63) is 17.0 Å². The van der Waals surface area contributed by atoms with E-state index >= 15 is 0 Å². The standard InChI is InChI=1S/C15H23N3O3/c1-9-13(10(2)21-18-9)8-16-15(20)14(17-11(3)19)12-6-4-5-7-12/h12,14H,4-8H2,1-3H3,(H,16,20)(H,17,19). The molecule has 2 rings (SSSR count). The van der Waals surface area contributed by atoms with Crippen LogP contribution in [0.4, 0.5) is 0 Å². The molecule has 1 aromatic rings. The Kier molecular flexibility index (Phi) is 4.98. The molecular weight excluding hydrogens is 270 g/mol. The number of carbonyl (C=O) groups is 2. The van der Waals surface area contributed by atoms with Gasteiger partial charge in [-0.3, -0.25) is 9.59 Å². The van der Waals surface area contributed by atoms with Gasteiger partial charge in [-0.15, -0.1) is 0 Å². The fourth-order valence-electron chi connectivity index (χ4n) is 2.95. The minimum atomic E-state index is -0.439. The topological polar surface area (TPSA) is 84.2 Å². The summed E-state index contributed by atoms with van der Waals surface area (Å²) < 4.78 is 5.08. The molecular formula is C15H23N3O3. The fraction of sp³-hybridized carbons (Fsp3) is 0.667. The normalized spacial score (nSPS) is 16.7. The SMILES string of the molecule is CC(=O)NC(C(=O)NCc1c(C)noc1C)C1CCCC1. The maximum Gasteiger partial charge on any atom is 0.243 e. The smallest absolute Gasteiger partial charge is 0.243 e. The lowest BCUT2D eigenvalue weighted by Gasteiger charge is -2.23. The number of hydrogen-bond acceptors (Lipinski definition) is 4. The molecule has 2 N–H and O–H groups in total. The highest BCUT2D eigenvalue weighted by atomic mass is 16.5. The first-order valence-electron chi connectivity index (χ1n) is 7.45. The highest BCUT2D eigenvalue weighted by Crippen LogP contribution is 2.28. The van der Waals surface area contributed by atoms with Crippen molar-refractivity contribution in [1.29, 1.82) is 0 Å². The van der Waals surface area contributed by atoms with Gasteiger partial charge in [0.15, 0.2) is 0 Å². The molecule has 0 bridgehead atoms. The zero-order chi connectivity index (χ0) is 15.4. The van der Waals surface area contributed by atoms with Crippen molar-refractivity contribution in [3.8, 4) is 0 Å². The lowest BCUT2D eigenvalue weighted by atomic mass is 9.97. The van der Waals surface area contributed by atoms with Crippen LogP contribution in [0.1, 0.15) is 49.6 Å². The number of nitrogens with one attached hydrogen (secondary N) is 2. The molecule has 1 heterocycles. The Morgan fingerprint density at radius 3 is 2.52 bits per heavy atom. The predicted molar refractivity (Wildman–Crippen MR) is 77.4 cm³/mol. The van der Waals surface area contributed by atoms with Crippen molar-refractivity contribution in [1.82, 2.24) is 15.8 Å². The minimum Gasteiger partial charge on any atom is -0.361 e. The Morgan fingerprint density at radius 1 is 1.33 bits per heavy atom. The molecule has 21 heavy (non-hydrogen) atoms. The average Bonchev–Trinajstić information content (AvgIpc) is 3.05. The van der Waals surface area contributed by atoms with Crippen LogP contribution in [0.2, 0.25) is 0 Å². The summed E-state index contributed by atoms with van der Waals surface area (Å²) in [5, 5.41) is 9.56. The second-order valence-corrected chi connectivity index (χ2v) is 5.74. The third-order valence-corrected chi connectivity index (χ3v) is 4.13. The summed E-state index contributed by atoms with van der Waals surface area (Å²) in [6, 6.07) is -0.439. The van der Waals surface area contributed by atoms with E-state index in [0.717, 1.165) is 36.9 Å². The Morgan fingerprint density at radius 2 is 2.00 bits per heavy atom. The second kappa shape index (κ2) is 6.74. The van der Waals surface area contributed by atoms with Crippen LogP contribution in [0.15, 0.2) is 4.52 Å². The third kappa shape index (κ3) is 3.83. The van der Waals surface area contributed by atoms with Gasteiger partial charge in [0.25, 0.3) is 0 Å². The van der Waals surface area contributed by atoms with Gasteiger partial charge in [-0.2, -0.15) is 0 Å². The van der Waals surface area contributed by atoms with Gasteiger partial charge in [0, 0.05) is 19.0 Å². The number of carbonyl (C=O) groups excluding carboxylic acids is 2. The first-order chi connectivity index (χ1) is 9.99. The lowest BCUT2D eigenvalue weighted by molar-refractivity contribution is -0.129. The molecule has 1 atom stereocenters. The number of aryl methyl sites for hydroxylation is 2. The van der Waals surface area contributed by atoms with Crippen molar-refractivity contribution in [2.45, 2.75) is 59.0 Å². The van der Waals surface area contributed by atoms with Crippen molar-refractivity contribution in [2.24, 2.45) is 5.92 Å². The Labute approximate surface area is 124 Å². The van der Waals surface area contributed by atoms with Crippen molar-refractivity contribution in [3.63, 3.8) is 0 Å². The van der Waals surface area contributed by atoms with E-state index in [1.54, 1.807) is 0 Å². The van der Waals surface area contributed by atoms with Gasteiger partial charge in [0.05, 0.1) is 5.69 Å². The van der Waals surface area contributed by atoms with Gasteiger partial charge in [-0.1, -0.05) is 18.0 Å². The first-order valence-corrected chi connectivity index (χ1v) is 7.45. The van der Waals surface area contributed by atoms with Crippen molar-refractivity contribution in [2.75, 3.05) is 0 Å². The fourth-order valence-corrected chi connectivity index (χ4v) is 2.95. The largest absolute Gasteiger partial charge is 0.361 e. The van der Waals surface area contributed by atoms with E-state index < -0.39 is 6.04 Å². The zero-order valence-electron chi connectivity index (χ0n) is 12.9. The molecule has 0 saturated heterocycles. The van der Waals surface area contributed by atoms with E-state index in [1.165, 1.54) is 6.92 Å². The molecule has 1 aliphatic carbocycles. The van der Waals surface area contributed by atoms with Crippen LogP contribution in [0.25, 0.3) is 0 Å². The summed E-state index contributed by atoms with van der Waals surface area (Å²) in [6.07, 6.45) is 4.23. The molecule has 1 saturated carbocycles. The summed E-state index contributed by atoms with van der Waals surface area (Å²) in [4.78, 5) is 23.7.